The van der Waals surface area contributed by atoms with Gasteiger partial charge in [0.15, 0.2) is 0 Å². The average molecular weight is 398 g/mol. The second kappa shape index (κ2) is 9.52. The zero-order chi connectivity index (χ0) is 19.9. The summed E-state index contributed by atoms with van der Waals surface area (Å²) in [4.78, 5) is 25.0. The van der Waals surface area contributed by atoms with Gasteiger partial charge in [-0.3, -0.25) is 19.8 Å². The normalized spacial score (nSPS) is 14.9. The molecule has 7 heteroatoms. The van der Waals surface area contributed by atoms with Gasteiger partial charge < -0.3 is 5.32 Å². The van der Waals surface area contributed by atoms with Crippen LogP contribution in [0.5, 0.6) is 0 Å². The van der Waals surface area contributed by atoms with E-state index in [1.54, 1.807) is 18.2 Å². The number of aryl methyl sites for hydroxylation is 1. The number of nitro benzene ring substituents is 1. The highest BCUT2D eigenvalue weighted by Crippen LogP contribution is 2.20. The second-order valence-corrected chi connectivity index (χ2v) is 7.94. The lowest BCUT2D eigenvalue weighted by Crippen LogP contribution is -2.31. The number of carbonyl (C=O) groups is 1. The molecule has 146 valence electrons. The average Bonchev–Trinajstić information content (AvgIpc) is 2.69. The summed E-state index contributed by atoms with van der Waals surface area (Å²) in [6, 6.07) is 12.3. The molecule has 0 aromatic heterocycles. The summed E-state index contributed by atoms with van der Waals surface area (Å²) < 4.78 is 0. The molecule has 0 bridgehead atoms. The minimum atomic E-state index is -0.453. The lowest BCUT2D eigenvalue weighted by Gasteiger charge is -2.26. The van der Waals surface area contributed by atoms with Crippen molar-refractivity contribution in [3.63, 3.8) is 0 Å². The molecule has 0 unspecified atom stereocenters. The van der Waals surface area contributed by atoms with Crippen LogP contribution in [-0.2, 0) is 11.3 Å². The van der Waals surface area contributed by atoms with Gasteiger partial charge in [-0.15, -0.1) is 0 Å². The molecular weight excluding hydrogens is 374 g/mol. The van der Waals surface area contributed by atoms with E-state index in [4.69, 9.17) is 0 Å². The maximum Gasteiger partial charge on any atom is 0.270 e. The topological polar surface area (TPSA) is 75.5 Å². The molecule has 2 aromatic carbocycles. The van der Waals surface area contributed by atoms with Crippen molar-refractivity contribution < 1.29 is 9.72 Å². The highest BCUT2D eigenvalue weighted by molar-refractivity contribution is 7.99. The standard InChI is InChI=1S/C21H23N3O3S/c1-16-13-18(15-23-9-11-28-12-10-23)5-7-20(16)22-21(25)8-6-17-3-2-4-19(14-17)24(26)27/h2-8,13-14H,9-12,15H2,1H3,(H,22,25)/b8-6+. The quantitative estimate of drug-likeness (QED) is 0.451. The number of nitrogens with zero attached hydrogens (tertiary/aromatic N) is 2. The first-order valence-corrected chi connectivity index (χ1v) is 10.3. The third kappa shape index (κ3) is 5.68. The molecule has 1 aliphatic heterocycles. The van der Waals surface area contributed by atoms with Gasteiger partial charge in [0.25, 0.3) is 5.69 Å². The molecule has 1 N–H and O–H groups in total. The number of hydrogen-bond acceptors (Lipinski definition) is 5. The number of benzene rings is 2. The molecular formula is C21H23N3O3S. The highest BCUT2D eigenvalue weighted by atomic mass is 32.2. The maximum atomic E-state index is 12.2. The van der Waals surface area contributed by atoms with Crippen LogP contribution in [0.25, 0.3) is 6.08 Å². The predicted octanol–water partition coefficient (Wildman–Crippen LogP) is 4.10. The molecule has 28 heavy (non-hydrogen) atoms. The fourth-order valence-electron chi connectivity index (χ4n) is 3.07. The summed E-state index contributed by atoms with van der Waals surface area (Å²) in [6.07, 6.45) is 2.96. The Morgan fingerprint density at radius 3 is 2.75 bits per heavy atom. The van der Waals surface area contributed by atoms with E-state index < -0.39 is 4.92 Å². The molecule has 0 saturated carbocycles. The molecule has 1 heterocycles. The van der Waals surface area contributed by atoms with E-state index in [1.807, 2.05) is 24.8 Å². The van der Waals surface area contributed by atoms with Gasteiger partial charge in [-0.2, -0.15) is 11.8 Å². The fraction of sp³-hybridized carbons (Fsp3) is 0.286. The fourth-order valence-corrected chi connectivity index (χ4v) is 4.05. The van der Waals surface area contributed by atoms with Crippen LogP contribution in [0.2, 0.25) is 0 Å². The van der Waals surface area contributed by atoms with Gasteiger partial charge in [0.1, 0.15) is 0 Å². The Morgan fingerprint density at radius 1 is 1.25 bits per heavy atom. The van der Waals surface area contributed by atoms with Gasteiger partial charge in [-0.25, -0.2) is 0 Å². The molecule has 1 saturated heterocycles. The molecule has 0 atom stereocenters. The summed E-state index contributed by atoms with van der Waals surface area (Å²) in [5.41, 5.74) is 3.64. The van der Waals surface area contributed by atoms with Gasteiger partial charge in [0.2, 0.25) is 5.91 Å². The van der Waals surface area contributed by atoms with Crippen molar-refractivity contribution >= 4 is 35.1 Å². The Labute approximate surface area is 168 Å². The molecule has 1 amide bonds. The van der Waals surface area contributed by atoms with E-state index in [9.17, 15) is 14.9 Å². The molecule has 6 nitrogen and oxygen atoms in total. The summed E-state index contributed by atoms with van der Waals surface area (Å²) in [5, 5.41) is 13.7. The van der Waals surface area contributed by atoms with Crippen molar-refractivity contribution in [1.82, 2.24) is 4.90 Å². The minimum absolute atomic E-state index is 0.00120. The van der Waals surface area contributed by atoms with Crippen LogP contribution in [0.1, 0.15) is 16.7 Å². The van der Waals surface area contributed by atoms with Gasteiger partial charge in [0.05, 0.1) is 4.92 Å². The Hall–Kier alpha value is -2.64. The van der Waals surface area contributed by atoms with Crippen molar-refractivity contribution in [3.8, 4) is 0 Å². The van der Waals surface area contributed by atoms with E-state index >= 15 is 0 Å². The number of amides is 1. The van der Waals surface area contributed by atoms with Crippen LogP contribution >= 0.6 is 11.8 Å². The SMILES string of the molecule is Cc1cc(CN2CCSCC2)ccc1NC(=O)/C=C/c1cccc([N+](=O)[O-])c1. The van der Waals surface area contributed by atoms with Crippen molar-refractivity contribution in [2.75, 3.05) is 29.9 Å². The zero-order valence-corrected chi connectivity index (χ0v) is 16.6. The summed E-state index contributed by atoms with van der Waals surface area (Å²) in [5.74, 6) is 2.10. The number of non-ortho nitro benzene ring substituents is 1. The third-order valence-electron chi connectivity index (χ3n) is 4.57. The van der Waals surface area contributed by atoms with Crippen molar-refractivity contribution in [2.24, 2.45) is 0 Å². The maximum absolute atomic E-state index is 12.2. The Kier molecular flexibility index (Phi) is 6.84. The molecule has 1 aliphatic rings. The first kappa shape index (κ1) is 20.1. The van der Waals surface area contributed by atoms with Crippen LogP contribution in [0.3, 0.4) is 0 Å². The van der Waals surface area contributed by atoms with E-state index in [0.29, 0.717) is 5.56 Å². The number of thioether (sulfide) groups is 1. The number of anilines is 1. The molecule has 2 aromatic rings. The molecule has 0 radical (unpaired) electrons. The largest absolute Gasteiger partial charge is 0.322 e. The highest BCUT2D eigenvalue weighted by Gasteiger charge is 2.11. The molecule has 0 spiro atoms. The predicted molar refractivity (Wildman–Crippen MR) is 115 cm³/mol. The van der Waals surface area contributed by atoms with E-state index in [0.717, 1.165) is 30.9 Å². The number of nitro groups is 1. The smallest absolute Gasteiger partial charge is 0.270 e. The van der Waals surface area contributed by atoms with E-state index in [1.165, 1.54) is 35.3 Å². The lowest BCUT2D eigenvalue weighted by molar-refractivity contribution is -0.384. The number of nitrogens with one attached hydrogen (secondary N) is 1. The summed E-state index contributed by atoms with van der Waals surface area (Å²) in [6.45, 7) is 5.15. The van der Waals surface area contributed by atoms with Gasteiger partial charge in [0, 0.05) is 55.0 Å². The van der Waals surface area contributed by atoms with Crippen molar-refractivity contribution in [1.29, 1.82) is 0 Å². The van der Waals surface area contributed by atoms with Gasteiger partial charge in [-0.05, 0) is 35.8 Å². The monoisotopic (exact) mass is 397 g/mol. The van der Waals surface area contributed by atoms with Crippen LogP contribution < -0.4 is 5.32 Å². The zero-order valence-electron chi connectivity index (χ0n) is 15.8. The number of rotatable bonds is 6. The van der Waals surface area contributed by atoms with Gasteiger partial charge >= 0.3 is 0 Å². The van der Waals surface area contributed by atoms with Crippen LogP contribution in [0.15, 0.2) is 48.5 Å². The third-order valence-corrected chi connectivity index (χ3v) is 5.51. The van der Waals surface area contributed by atoms with Crippen molar-refractivity contribution in [2.45, 2.75) is 13.5 Å². The minimum Gasteiger partial charge on any atom is -0.322 e. The van der Waals surface area contributed by atoms with E-state index in [2.05, 4.69) is 22.3 Å². The first-order chi connectivity index (χ1) is 13.5. The first-order valence-electron chi connectivity index (χ1n) is 9.14. The Bertz CT molecular complexity index is 892. The molecule has 1 fully saturated rings. The van der Waals surface area contributed by atoms with Crippen molar-refractivity contribution in [3.05, 3.63) is 75.3 Å². The Morgan fingerprint density at radius 2 is 2.04 bits per heavy atom. The van der Waals surface area contributed by atoms with Gasteiger partial charge in [-0.1, -0.05) is 24.3 Å². The molecule has 0 aliphatic carbocycles. The lowest BCUT2D eigenvalue weighted by atomic mass is 10.1. The van der Waals surface area contributed by atoms with Crippen LogP contribution in [0.4, 0.5) is 11.4 Å². The Balaban J connectivity index is 1.60. The number of carbonyl (C=O) groups excluding carboxylic acids is 1. The summed E-state index contributed by atoms with van der Waals surface area (Å²) in [7, 11) is 0. The van der Waals surface area contributed by atoms with Crippen LogP contribution in [-0.4, -0.2) is 40.3 Å². The van der Waals surface area contributed by atoms with E-state index in [-0.39, 0.29) is 11.6 Å². The second-order valence-electron chi connectivity index (χ2n) is 6.71. The molecule has 3 rings (SSSR count). The van der Waals surface area contributed by atoms with Crippen LogP contribution in [0, 0.1) is 17.0 Å². The number of hydrogen-bond donors (Lipinski definition) is 1. The summed E-state index contributed by atoms with van der Waals surface area (Å²) >= 11 is 2.00.